The lowest BCUT2D eigenvalue weighted by Crippen LogP contribution is -1.97. The molecule has 86 valence electrons. The van der Waals surface area contributed by atoms with Crippen LogP contribution < -0.4 is 0 Å². The highest BCUT2D eigenvalue weighted by Crippen LogP contribution is 2.42. The molecule has 0 N–H and O–H groups in total. The summed E-state index contributed by atoms with van der Waals surface area (Å²) in [4.78, 5) is 0. The summed E-state index contributed by atoms with van der Waals surface area (Å²) in [5.41, 5.74) is 2.76. The van der Waals surface area contributed by atoms with Gasteiger partial charge in [-0.15, -0.1) is 6.58 Å². The number of rotatable bonds is 5. The summed E-state index contributed by atoms with van der Waals surface area (Å²) in [6, 6.07) is 8.60. The Hall–Kier alpha value is -1.08. The fourth-order valence-electron chi connectivity index (χ4n) is 2.39. The van der Waals surface area contributed by atoms with Crippen LogP contribution in [0.1, 0.15) is 55.9 Å². The van der Waals surface area contributed by atoms with Gasteiger partial charge in [0.1, 0.15) is 0 Å². The van der Waals surface area contributed by atoms with Crippen LogP contribution >= 0.6 is 0 Å². The zero-order chi connectivity index (χ0) is 11.4. The average Bonchev–Trinajstić information content (AvgIpc) is 2.66. The first-order valence-corrected chi connectivity index (χ1v) is 6.22. The van der Waals surface area contributed by atoms with Gasteiger partial charge in [-0.05, 0) is 24.0 Å². The van der Waals surface area contributed by atoms with Crippen molar-refractivity contribution < 1.29 is 4.74 Å². The minimum Gasteiger partial charge on any atom is -0.365 e. The van der Waals surface area contributed by atoms with E-state index >= 15 is 0 Å². The maximum absolute atomic E-state index is 6.10. The maximum Gasteiger partial charge on any atom is 0.0871 e. The standard InChI is InChI=1S/C15H20O/c1-3-5-11-15-13-10-7-6-9-12(13)14(16-15)8-4-2/h4,6-7,9-10,14-15H,2-3,5,8,11H2,1H3/t14-,15-/m1/s1. The van der Waals surface area contributed by atoms with Crippen molar-refractivity contribution in [2.24, 2.45) is 0 Å². The van der Waals surface area contributed by atoms with Gasteiger partial charge in [0.15, 0.2) is 0 Å². The van der Waals surface area contributed by atoms with E-state index in [0.29, 0.717) is 6.10 Å². The molecule has 0 aliphatic carbocycles. The third kappa shape index (κ3) is 2.19. The Labute approximate surface area is 98.1 Å². The third-order valence-corrected chi connectivity index (χ3v) is 3.22. The molecular formula is C15H20O. The molecule has 1 heterocycles. The Morgan fingerprint density at radius 1 is 1.25 bits per heavy atom. The number of hydrogen-bond donors (Lipinski definition) is 0. The first kappa shape index (κ1) is 11.4. The first-order valence-electron chi connectivity index (χ1n) is 6.22. The Morgan fingerprint density at radius 3 is 2.56 bits per heavy atom. The molecule has 0 radical (unpaired) electrons. The molecule has 1 aromatic rings. The van der Waals surface area contributed by atoms with E-state index in [1.54, 1.807) is 0 Å². The molecule has 1 aliphatic rings. The normalized spacial score (nSPS) is 23.1. The summed E-state index contributed by atoms with van der Waals surface area (Å²) in [5, 5.41) is 0. The van der Waals surface area contributed by atoms with Gasteiger partial charge >= 0.3 is 0 Å². The molecule has 0 spiro atoms. The van der Waals surface area contributed by atoms with Crippen LogP contribution in [0.15, 0.2) is 36.9 Å². The van der Waals surface area contributed by atoms with Crippen molar-refractivity contribution in [3.63, 3.8) is 0 Å². The molecule has 0 amide bonds. The van der Waals surface area contributed by atoms with Gasteiger partial charge in [0.25, 0.3) is 0 Å². The molecule has 0 bridgehead atoms. The SMILES string of the molecule is C=CC[C@H]1O[C@H](CCCC)c2ccccc21. The lowest BCUT2D eigenvalue weighted by Gasteiger charge is -2.12. The van der Waals surface area contributed by atoms with Gasteiger partial charge in [0.2, 0.25) is 0 Å². The van der Waals surface area contributed by atoms with E-state index in [-0.39, 0.29) is 6.10 Å². The van der Waals surface area contributed by atoms with Gasteiger partial charge in [-0.25, -0.2) is 0 Å². The van der Waals surface area contributed by atoms with Crippen LogP contribution in [0.25, 0.3) is 0 Å². The van der Waals surface area contributed by atoms with Crippen LogP contribution in [0.3, 0.4) is 0 Å². The minimum atomic E-state index is 0.232. The monoisotopic (exact) mass is 216 g/mol. The molecule has 1 heteroatoms. The van der Waals surface area contributed by atoms with Crippen LogP contribution in [-0.4, -0.2) is 0 Å². The van der Waals surface area contributed by atoms with Crippen molar-refractivity contribution in [1.82, 2.24) is 0 Å². The topological polar surface area (TPSA) is 9.23 Å². The molecule has 16 heavy (non-hydrogen) atoms. The zero-order valence-corrected chi connectivity index (χ0v) is 9.99. The maximum atomic E-state index is 6.10. The van der Waals surface area contributed by atoms with Crippen LogP contribution in [-0.2, 0) is 4.74 Å². The fraction of sp³-hybridized carbons (Fsp3) is 0.467. The van der Waals surface area contributed by atoms with E-state index in [1.165, 1.54) is 24.0 Å². The number of unbranched alkanes of at least 4 members (excludes halogenated alkanes) is 1. The van der Waals surface area contributed by atoms with E-state index in [4.69, 9.17) is 4.74 Å². The van der Waals surface area contributed by atoms with Crippen molar-refractivity contribution in [3.05, 3.63) is 48.0 Å². The van der Waals surface area contributed by atoms with E-state index < -0.39 is 0 Å². The van der Waals surface area contributed by atoms with Gasteiger partial charge in [-0.3, -0.25) is 0 Å². The van der Waals surface area contributed by atoms with Gasteiger partial charge in [0, 0.05) is 0 Å². The van der Waals surface area contributed by atoms with E-state index in [1.807, 2.05) is 6.08 Å². The molecule has 2 atom stereocenters. The molecule has 0 saturated carbocycles. The lowest BCUT2D eigenvalue weighted by molar-refractivity contribution is 0.00746. The first-order chi connectivity index (χ1) is 7.86. The molecular weight excluding hydrogens is 196 g/mol. The Bertz CT molecular complexity index is 356. The smallest absolute Gasteiger partial charge is 0.0871 e. The summed E-state index contributed by atoms with van der Waals surface area (Å²) in [7, 11) is 0. The number of fused-ring (bicyclic) bond motifs is 1. The number of benzene rings is 1. The quantitative estimate of drug-likeness (QED) is 0.655. The van der Waals surface area contributed by atoms with Crippen molar-refractivity contribution in [2.45, 2.75) is 44.8 Å². The molecule has 1 aromatic carbocycles. The Kier molecular flexibility index (Phi) is 3.79. The molecule has 0 unspecified atom stereocenters. The predicted molar refractivity (Wildman–Crippen MR) is 67.3 cm³/mol. The number of hydrogen-bond acceptors (Lipinski definition) is 1. The highest BCUT2D eigenvalue weighted by molar-refractivity contribution is 5.34. The van der Waals surface area contributed by atoms with Crippen LogP contribution in [0.4, 0.5) is 0 Å². The predicted octanol–water partition coefficient (Wildman–Crippen LogP) is 4.57. The van der Waals surface area contributed by atoms with Gasteiger partial charge in [-0.1, -0.05) is 50.1 Å². The van der Waals surface area contributed by atoms with Crippen molar-refractivity contribution >= 4 is 0 Å². The zero-order valence-electron chi connectivity index (χ0n) is 9.99. The summed E-state index contributed by atoms with van der Waals surface area (Å²) >= 11 is 0. The van der Waals surface area contributed by atoms with Crippen LogP contribution in [0, 0.1) is 0 Å². The lowest BCUT2D eigenvalue weighted by atomic mass is 9.98. The summed E-state index contributed by atoms with van der Waals surface area (Å²) in [6.45, 7) is 6.03. The van der Waals surface area contributed by atoms with Crippen molar-refractivity contribution in [2.75, 3.05) is 0 Å². The van der Waals surface area contributed by atoms with Gasteiger partial charge in [0.05, 0.1) is 12.2 Å². The Morgan fingerprint density at radius 2 is 1.94 bits per heavy atom. The average molecular weight is 216 g/mol. The van der Waals surface area contributed by atoms with E-state index in [0.717, 1.165) is 12.8 Å². The van der Waals surface area contributed by atoms with Crippen molar-refractivity contribution in [3.8, 4) is 0 Å². The van der Waals surface area contributed by atoms with Gasteiger partial charge < -0.3 is 4.74 Å². The van der Waals surface area contributed by atoms with E-state index in [9.17, 15) is 0 Å². The molecule has 0 aromatic heterocycles. The second-order valence-electron chi connectivity index (χ2n) is 4.41. The third-order valence-electron chi connectivity index (χ3n) is 3.22. The molecule has 0 saturated heterocycles. The highest BCUT2D eigenvalue weighted by Gasteiger charge is 2.29. The van der Waals surface area contributed by atoms with E-state index in [2.05, 4.69) is 37.8 Å². The summed E-state index contributed by atoms with van der Waals surface area (Å²) in [5.74, 6) is 0. The summed E-state index contributed by atoms with van der Waals surface area (Å²) in [6.07, 6.45) is 7.01. The fourth-order valence-corrected chi connectivity index (χ4v) is 2.39. The molecule has 2 rings (SSSR count). The highest BCUT2D eigenvalue weighted by atomic mass is 16.5. The second-order valence-corrected chi connectivity index (χ2v) is 4.41. The van der Waals surface area contributed by atoms with Crippen LogP contribution in [0.2, 0.25) is 0 Å². The second kappa shape index (κ2) is 5.31. The summed E-state index contributed by atoms with van der Waals surface area (Å²) < 4.78 is 6.10. The van der Waals surface area contributed by atoms with Crippen molar-refractivity contribution in [1.29, 1.82) is 0 Å². The molecule has 1 aliphatic heterocycles. The van der Waals surface area contributed by atoms with Gasteiger partial charge in [-0.2, -0.15) is 0 Å². The largest absolute Gasteiger partial charge is 0.365 e. The minimum absolute atomic E-state index is 0.232. The Balaban J connectivity index is 2.17. The molecule has 0 fully saturated rings. The number of ether oxygens (including phenoxy) is 1. The molecule has 1 nitrogen and oxygen atoms in total. The van der Waals surface area contributed by atoms with Crippen LogP contribution in [0.5, 0.6) is 0 Å².